The van der Waals surface area contributed by atoms with Crippen LogP contribution in [0.4, 0.5) is 0 Å². The average molecular weight is 313 g/mol. The van der Waals surface area contributed by atoms with Gasteiger partial charge in [0, 0.05) is 13.6 Å². The lowest BCUT2D eigenvalue weighted by Crippen LogP contribution is -2.30. The number of benzene rings is 2. The summed E-state index contributed by atoms with van der Waals surface area (Å²) in [4.78, 5) is 14.0. The average Bonchev–Trinajstić information content (AvgIpc) is 2.60. The molecule has 0 spiro atoms. The van der Waals surface area contributed by atoms with Crippen LogP contribution in [0.15, 0.2) is 48.5 Å². The highest BCUT2D eigenvalue weighted by Crippen LogP contribution is 2.13. The van der Waals surface area contributed by atoms with Crippen molar-refractivity contribution in [3.8, 4) is 11.5 Å². The Balaban J connectivity index is 1.83. The molecule has 23 heavy (non-hydrogen) atoms. The lowest BCUT2D eigenvalue weighted by molar-refractivity contribution is -0.129. The predicted molar refractivity (Wildman–Crippen MR) is 91.0 cm³/mol. The fourth-order valence-corrected chi connectivity index (χ4v) is 2.27. The van der Waals surface area contributed by atoms with Crippen molar-refractivity contribution in [3.63, 3.8) is 0 Å². The summed E-state index contributed by atoms with van der Waals surface area (Å²) in [6, 6.07) is 15.5. The summed E-state index contributed by atoms with van der Waals surface area (Å²) in [5.41, 5.74) is 2.18. The SMILES string of the molecule is COc1ccc(CCN(C)C(=O)Cc2ccc(OC)cc2)cc1. The second-order valence-electron chi connectivity index (χ2n) is 5.44. The smallest absolute Gasteiger partial charge is 0.226 e. The quantitative estimate of drug-likeness (QED) is 0.789. The number of carbonyl (C=O) groups excluding carboxylic acids is 1. The zero-order chi connectivity index (χ0) is 16.7. The first-order valence-electron chi connectivity index (χ1n) is 7.62. The molecule has 0 aliphatic heterocycles. The van der Waals surface area contributed by atoms with Gasteiger partial charge in [-0.05, 0) is 41.8 Å². The van der Waals surface area contributed by atoms with Crippen LogP contribution in [-0.4, -0.2) is 38.6 Å². The fraction of sp³-hybridized carbons (Fsp3) is 0.316. The van der Waals surface area contributed by atoms with Gasteiger partial charge in [-0.2, -0.15) is 0 Å². The highest BCUT2D eigenvalue weighted by molar-refractivity contribution is 5.78. The lowest BCUT2D eigenvalue weighted by Gasteiger charge is -2.17. The van der Waals surface area contributed by atoms with Crippen molar-refractivity contribution < 1.29 is 14.3 Å². The van der Waals surface area contributed by atoms with Crippen LogP contribution in [-0.2, 0) is 17.6 Å². The molecule has 122 valence electrons. The summed E-state index contributed by atoms with van der Waals surface area (Å²) < 4.78 is 10.3. The Bertz CT molecular complexity index is 620. The summed E-state index contributed by atoms with van der Waals surface area (Å²) in [5.74, 6) is 1.76. The maximum Gasteiger partial charge on any atom is 0.226 e. The van der Waals surface area contributed by atoms with E-state index in [-0.39, 0.29) is 5.91 Å². The van der Waals surface area contributed by atoms with Gasteiger partial charge >= 0.3 is 0 Å². The van der Waals surface area contributed by atoms with E-state index in [0.29, 0.717) is 13.0 Å². The van der Waals surface area contributed by atoms with E-state index >= 15 is 0 Å². The van der Waals surface area contributed by atoms with E-state index in [9.17, 15) is 4.79 Å². The third-order valence-electron chi connectivity index (χ3n) is 3.84. The van der Waals surface area contributed by atoms with Crippen LogP contribution in [0.2, 0.25) is 0 Å². The molecule has 4 nitrogen and oxygen atoms in total. The zero-order valence-electron chi connectivity index (χ0n) is 13.9. The number of likely N-dealkylation sites (N-methyl/N-ethyl adjacent to an activating group) is 1. The van der Waals surface area contributed by atoms with Crippen LogP contribution in [0.25, 0.3) is 0 Å². The van der Waals surface area contributed by atoms with Crippen molar-refractivity contribution in [2.24, 2.45) is 0 Å². The third-order valence-corrected chi connectivity index (χ3v) is 3.84. The molecule has 2 aromatic rings. The molecule has 2 aromatic carbocycles. The van der Waals surface area contributed by atoms with E-state index in [1.165, 1.54) is 5.56 Å². The monoisotopic (exact) mass is 313 g/mol. The molecule has 0 aliphatic carbocycles. The first-order chi connectivity index (χ1) is 11.1. The Hall–Kier alpha value is -2.49. The molecule has 0 bridgehead atoms. The molecular formula is C19H23NO3. The normalized spacial score (nSPS) is 10.2. The predicted octanol–water partition coefficient (Wildman–Crippen LogP) is 2.95. The van der Waals surface area contributed by atoms with Crippen molar-refractivity contribution >= 4 is 5.91 Å². The highest BCUT2D eigenvalue weighted by Gasteiger charge is 2.10. The molecule has 0 radical (unpaired) electrons. The van der Waals surface area contributed by atoms with Gasteiger partial charge in [-0.1, -0.05) is 24.3 Å². The molecule has 0 atom stereocenters. The van der Waals surface area contributed by atoms with Crippen molar-refractivity contribution in [2.75, 3.05) is 27.8 Å². The van der Waals surface area contributed by atoms with E-state index in [1.807, 2.05) is 55.6 Å². The minimum Gasteiger partial charge on any atom is -0.497 e. The Labute approximate surface area is 137 Å². The molecule has 1 amide bonds. The van der Waals surface area contributed by atoms with Gasteiger partial charge in [-0.25, -0.2) is 0 Å². The van der Waals surface area contributed by atoms with Gasteiger partial charge in [-0.3, -0.25) is 4.79 Å². The number of hydrogen-bond acceptors (Lipinski definition) is 3. The van der Waals surface area contributed by atoms with Crippen LogP contribution in [0.1, 0.15) is 11.1 Å². The summed E-state index contributed by atoms with van der Waals surface area (Å²) >= 11 is 0. The molecule has 0 N–H and O–H groups in total. The van der Waals surface area contributed by atoms with Crippen molar-refractivity contribution in [2.45, 2.75) is 12.8 Å². The van der Waals surface area contributed by atoms with E-state index in [0.717, 1.165) is 23.5 Å². The number of rotatable bonds is 7. The lowest BCUT2D eigenvalue weighted by atomic mass is 10.1. The van der Waals surface area contributed by atoms with Crippen LogP contribution < -0.4 is 9.47 Å². The van der Waals surface area contributed by atoms with Crippen LogP contribution in [0, 0.1) is 0 Å². The second kappa shape index (κ2) is 8.22. The first kappa shape index (κ1) is 16.9. The topological polar surface area (TPSA) is 38.8 Å². The van der Waals surface area contributed by atoms with Gasteiger partial charge in [0.1, 0.15) is 11.5 Å². The maximum absolute atomic E-state index is 12.3. The van der Waals surface area contributed by atoms with Crippen LogP contribution in [0.3, 0.4) is 0 Å². The molecule has 0 saturated carbocycles. The molecule has 0 heterocycles. The van der Waals surface area contributed by atoms with Crippen molar-refractivity contribution in [1.82, 2.24) is 4.90 Å². The number of ether oxygens (including phenoxy) is 2. The number of methoxy groups -OCH3 is 2. The first-order valence-corrected chi connectivity index (χ1v) is 7.62. The van der Waals surface area contributed by atoms with Crippen molar-refractivity contribution in [3.05, 3.63) is 59.7 Å². The molecule has 0 aliphatic rings. The Morgan fingerprint density at radius 2 is 1.35 bits per heavy atom. The Kier molecular flexibility index (Phi) is 6.03. The molecule has 0 unspecified atom stereocenters. The van der Waals surface area contributed by atoms with Gasteiger partial charge in [-0.15, -0.1) is 0 Å². The second-order valence-corrected chi connectivity index (χ2v) is 5.44. The summed E-state index contributed by atoms with van der Waals surface area (Å²) in [6.07, 6.45) is 1.23. The summed E-state index contributed by atoms with van der Waals surface area (Å²) in [5, 5.41) is 0. The van der Waals surface area contributed by atoms with E-state index in [1.54, 1.807) is 19.1 Å². The van der Waals surface area contributed by atoms with Crippen LogP contribution in [0.5, 0.6) is 11.5 Å². The Morgan fingerprint density at radius 3 is 1.83 bits per heavy atom. The highest BCUT2D eigenvalue weighted by atomic mass is 16.5. The molecule has 0 aromatic heterocycles. The molecule has 4 heteroatoms. The van der Waals surface area contributed by atoms with E-state index in [2.05, 4.69) is 0 Å². The standard InChI is InChI=1S/C19H23NO3/c1-20(13-12-15-4-8-17(22-2)9-5-15)19(21)14-16-6-10-18(23-3)11-7-16/h4-11H,12-14H2,1-3H3. The molecule has 0 fully saturated rings. The minimum absolute atomic E-state index is 0.115. The molecule has 2 rings (SSSR count). The van der Waals surface area contributed by atoms with E-state index < -0.39 is 0 Å². The van der Waals surface area contributed by atoms with Gasteiger partial charge in [0.05, 0.1) is 20.6 Å². The number of amides is 1. The molecule has 0 saturated heterocycles. The maximum atomic E-state index is 12.3. The number of carbonyl (C=O) groups is 1. The van der Waals surface area contributed by atoms with Gasteiger partial charge < -0.3 is 14.4 Å². The molecular weight excluding hydrogens is 290 g/mol. The Morgan fingerprint density at radius 1 is 0.870 bits per heavy atom. The summed E-state index contributed by atoms with van der Waals surface area (Å²) in [7, 11) is 5.13. The van der Waals surface area contributed by atoms with Gasteiger partial charge in [0.2, 0.25) is 5.91 Å². The number of hydrogen-bond donors (Lipinski definition) is 0. The van der Waals surface area contributed by atoms with Crippen molar-refractivity contribution in [1.29, 1.82) is 0 Å². The zero-order valence-corrected chi connectivity index (χ0v) is 13.9. The fourth-order valence-electron chi connectivity index (χ4n) is 2.27. The largest absolute Gasteiger partial charge is 0.497 e. The van der Waals surface area contributed by atoms with E-state index in [4.69, 9.17) is 9.47 Å². The van der Waals surface area contributed by atoms with Gasteiger partial charge in [0.15, 0.2) is 0 Å². The minimum atomic E-state index is 0.115. The van der Waals surface area contributed by atoms with Crippen LogP contribution >= 0.6 is 0 Å². The third kappa shape index (κ3) is 5.02. The van der Waals surface area contributed by atoms with Gasteiger partial charge in [0.25, 0.3) is 0 Å². The summed E-state index contributed by atoms with van der Waals surface area (Å²) in [6.45, 7) is 0.696. The number of nitrogens with zero attached hydrogens (tertiary/aromatic N) is 1.